The number of nitrogens with one attached hydrogen (secondary N) is 3. The molecule has 0 amide bonds. The van der Waals surface area contributed by atoms with E-state index < -0.39 is 13.3 Å². The Morgan fingerprint density at radius 1 is 1.39 bits per heavy atom. The molecule has 0 saturated carbocycles. The van der Waals surface area contributed by atoms with Crippen LogP contribution in [-0.4, -0.2) is 48.2 Å². The molecule has 0 saturated heterocycles. The summed E-state index contributed by atoms with van der Waals surface area (Å²) in [5.74, 6) is -0.161. The van der Waals surface area contributed by atoms with Gasteiger partial charge in [-0.2, -0.15) is 0 Å². The highest BCUT2D eigenvalue weighted by Crippen LogP contribution is 2.35. The second kappa shape index (κ2) is 10.6. The van der Waals surface area contributed by atoms with Crippen LogP contribution < -0.4 is 15.9 Å². The molecule has 2 aromatic rings. The van der Waals surface area contributed by atoms with Gasteiger partial charge in [0.25, 0.3) is 7.52 Å². The minimum atomic E-state index is -2.72. The quantitative estimate of drug-likeness (QED) is 0.133. The van der Waals surface area contributed by atoms with Gasteiger partial charge in [0.1, 0.15) is 5.82 Å². The van der Waals surface area contributed by atoms with Crippen molar-refractivity contribution >= 4 is 40.8 Å². The van der Waals surface area contributed by atoms with Crippen molar-refractivity contribution in [3.8, 4) is 0 Å². The van der Waals surface area contributed by atoms with Gasteiger partial charge in [-0.1, -0.05) is 0 Å². The molecule has 0 bridgehead atoms. The van der Waals surface area contributed by atoms with E-state index in [0.717, 1.165) is 12.8 Å². The number of aromatic nitrogens is 2. The third-order valence-corrected chi connectivity index (χ3v) is 5.71. The third-order valence-electron chi connectivity index (χ3n) is 3.61. The lowest BCUT2D eigenvalue weighted by atomic mass is 10.3. The van der Waals surface area contributed by atoms with Crippen LogP contribution in [0.5, 0.6) is 0 Å². The predicted octanol–water partition coefficient (Wildman–Crippen LogP) is 3.28. The number of hydroxylamine groups is 1. The van der Waals surface area contributed by atoms with E-state index in [0.29, 0.717) is 18.8 Å². The van der Waals surface area contributed by atoms with Crippen LogP contribution in [0.4, 0.5) is 15.9 Å². The maximum Gasteiger partial charge on any atom is 0.266 e. The summed E-state index contributed by atoms with van der Waals surface area (Å²) in [4.78, 5) is 4.18. The smallest absolute Gasteiger partial charge is 0.266 e. The van der Waals surface area contributed by atoms with Crippen LogP contribution in [0.15, 0.2) is 32.3 Å². The van der Waals surface area contributed by atoms with Crippen LogP contribution in [0.25, 0.3) is 0 Å². The summed E-state index contributed by atoms with van der Waals surface area (Å²) in [6, 6.07) is 4.13. The Kier molecular flexibility index (Phi) is 8.52. The second-order valence-electron chi connectivity index (χ2n) is 5.70. The fourth-order valence-corrected chi connectivity index (χ4v) is 3.14. The number of anilines is 1. The number of aliphatic imine (C=N–C) groups is 1. The minimum Gasteiger partial charge on any atom is -0.365 e. The highest BCUT2D eigenvalue weighted by Gasteiger charge is 2.17. The van der Waals surface area contributed by atoms with E-state index in [4.69, 9.17) is 9.15 Å². The monoisotopic (exact) mass is 478 g/mol. The molecular formula is C15H21BrFN6O4P. The Labute approximate surface area is 169 Å². The van der Waals surface area contributed by atoms with Gasteiger partial charge >= 0.3 is 0 Å². The number of unbranched alkanes of at least 4 members (excludes halogenated alkanes) is 1. The molecule has 1 aromatic heterocycles. The molecule has 4 N–H and O–H groups in total. The number of benzene rings is 1. The summed E-state index contributed by atoms with van der Waals surface area (Å²) in [5, 5.41) is 22.7. The van der Waals surface area contributed by atoms with Gasteiger partial charge in [-0.05, 0) is 57.3 Å². The first kappa shape index (κ1) is 22.4. The molecular weight excluding hydrogens is 458 g/mol. The molecule has 0 aliphatic carbocycles. The van der Waals surface area contributed by atoms with Crippen LogP contribution in [0.1, 0.15) is 18.5 Å². The standard InChI is InChI=1S/C15H21BrFN6O4P/c1-26-28(2,25)19-8-4-3-7-18-14-13(22-27-23-14)15(21-24)20-10-5-6-12(17)11(16)9-10/h5-6,9,24H,3-4,7-8H2,1-2H3,(H,18,23)(H,19,25)(H,20,21). The SMILES string of the molecule is COP(C)(=O)NCCCCNc1nonc1C(=Nc1ccc(F)c(Br)c1)NO. The van der Waals surface area contributed by atoms with Crippen molar-refractivity contribution in [2.45, 2.75) is 12.8 Å². The second-order valence-corrected chi connectivity index (χ2v) is 8.93. The topological polar surface area (TPSA) is 134 Å². The molecule has 1 aromatic carbocycles. The lowest BCUT2D eigenvalue weighted by Crippen LogP contribution is -2.22. The Balaban J connectivity index is 1.95. The van der Waals surface area contributed by atoms with Gasteiger partial charge in [0.2, 0.25) is 5.82 Å². The van der Waals surface area contributed by atoms with E-state index in [1.165, 1.54) is 32.0 Å². The van der Waals surface area contributed by atoms with Crippen molar-refractivity contribution in [1.82, 2.24) is 20.9 Å². The molecule has 1 heterocycles. The Morgan fingerprint density at radius 3 is 2.82 bits per heavy atom. The molecule has 1 atom stereocenters. The van der Waals surface area contributed by atoms with Crippen molar-refractivity contribution in [2.24, 2.45) is 4.99 Å². The zero-order valence-corrected chi connectivity index (χ0v) is 17.8. The zero-order chi connectivity index (χ0) is 20.6. The molecule has 0 aliphatic heterocycles. The van der Waals surface area contributed by atoms with Crippen LogP contribution >= 0.6 is 23.4 Å². The van der Waals surface area contributed by atoms with E-state index in [-0.39, 0.29) is 21.8 Å². The maximum atomic E-state index is 13.3. The Morgan fingerprint density at radius 2 is 2.14 bits per heavy atom. The number of halogens is 2. The van der Waals surface area contributed by atoms with Gasteiger partial charge in [0, 0.05) is 26.9 Å². The summed E-state index contributed by atoms with van der Waals surface area (Å²) >= 11 is 3.08. The number of nitrogens with zero attached hydrogens (tertiary/aromatic N) is 3. The van der Waals surface area contributed by atoms with Crippen molar-refractivity contribution < 1.29 is 23.3 Å². The van der Waals surface area contributed by atoms with Crippen molar-refractivity contribution in [3.63, 3.8) is 0 Å². The molecule has 0 radical (unpaired) electrons. The van der Waals surface area contributed by atoms with Gasteiger partial charge in [-0.15, -0.1) is 0 Å². The van der Waals surface area contributed by atoms with Crippen molar-refractivity contribution in [2.75, 3.05) is 32.2 Å². The number of hydrogen-bond acceptors (Lipinski definition) is 8. The van der Waals surface area contributed by atoms with Gasteiger partial charge in [-0.25, -0.2) is 19.1 Å². The molecule has 1 unspecified atom stereocenters. The molecule has 0 spiro atoms. The predicted molar refractivity (Wildman–Crippen MR) is 106 cm³/mol. The van der Waals surface area contributed by atoms with Crippen molar-refractivity contribution in [3.05, 3.63) is 34.2 Å². The average molecular weight is 479 g/mol. The van der Waals surface area contributed by atoms with Gasteiger partial charge < -0.3 is 9.84 Å². The average Bonchev–Trinajstić information content (AvgIpc) is 3.13. The number of rotatable bonds is 10. The molecule has 154 valence electrons. The van der Waals surface area contributed by atoms with E-state index in [2.05, 4.69) is 41.6 Å². The fourth-order valence-electron chi connectivity index (χ4n) is 2.08. The molecule has 0 aliphatic rings. The van der Waals surface area contributed by atoms with Crippen molar-refractivity contribution in [1.29, 1.82) is 0 Å². The highest BCUT2D eigenvalue weighted by molar-refractivity contribution is 9.10. The van der Waals surface area contributed by atoms with Gasteiger partial charge in [-0.3, -0.25) is 15.3 Å². The van der Waals surface area contributed by atoms with Crippen LogP contribution in [0.2, 0.25) is 0 Å². The largest absolute Gasteiger partial charge is 0.365 e. The maximum absolute atomic E-state index is 13.3. The van der Waals surface area contributed by atoms with E-state index >= 15 is 0 Å². The summed E-state index contributed by atoms with van der Waals surface area (Å²) in [6.07, 6.45) is 1.49. The molecule has 2 rings (SSSR count). The van der Waals surface area contributed by atoms with Gasteiger partial charge in [0.05, 0.1) is 10.2 Å². The zero-order valence-electron chi connectivity index (χ0n) is 15.3. The Bertz CT molecular complexity index is 865. The first-order valence-electron chi connectivity index (χ1n) is 8.25. The Hall–Kier alpha value is -1.85. The molecule has 10 nitrogen and oxygen atoms in total. The lowest BCUT2D eigenvalue weighted by Gasteiger charge is -2.12. The normalized spacial score (nSPS) is 14.0. The lowest BCUT2D eigenvalue weighted by molar-refractivity contribution is 0.234. The summed E-state index contributed by atoms with van der Waals surface area (Å²) in [7, 11) is -1.33. The number of amidine groups is 1. The van der Waals surface area contributed by atoms with E-state index in [9.17, 15) is 14.2 Å². The third kappa shape index (κ3) is 6.64. The summed E-state index contributed by atoms with van der Waals surface area (Å²) in [5.41, 5.74) is 2.49. The first-order chi connectivity index (χ1) is 13.4. The van der Waals surface area contributed by atoms with E-state index in [1.54, 1.807) is 0 Å². The van der Waals surface area contributed by atoms with Crippen LogP contribution in [0, 0.1) is 5.82 Å². The summed E-state index contributed by atoms with van der Waals surface area (Å²) in [6.45, 7) is 2.59. The molecule has 13 heteroatoms. The first-order valence-corrected chi connectivity index (χ1v) is 11.1. The molecule has 28 heavy (non-hydrogen) atoms. The van der Waals surface area contributed by atoms with Crippen LogP contribution in [-0.2, 0) is 9.09 Å². The van der Waals surface area contributed by atoms with Gasteiger partial charge in [0.15, 0.2) is 11.5 Å². The molecule has 0 fully saturated rings. The fraction of sp³-hybridized carbons (Fsp3) is 0.400. The minimum absolute atomic E-state index is 0.0176. The summed E-state index contributed by atoms with van der Waals surface area (Å²) < 4.78 is 34.8. The van der Waals surface area contributed by atoms with Crippen LogP contribution in [0.3, 0.4) is 0 Å². The number of hydrogen-bond donors (Lipinski definition) is 4. The van der Waals surface area contributed by atoms with E-state index in [1.807, 2.05) is 5.48 Å². The highest BCUT2D eigenvalue weighted by atomic mass is 79.9.